The molecule has 3 amide bonds. The van der Waals surface area contributed by atoms with Crippen LogP contribution in [0.25, 0.3) is 11.2 Å². The van der Waals surface area contributed by atoms with E-state index in [2.05, 4.69) is 56.9 Å². The summed E-state index contributed by atoms with van der Waals surface area (Å²) >= 11 is 0. The summed E-state index contributed by atoms with van der Waals surface area (Å²) in [7, 11) is 2.06. The second kappa shape index (κ2) is 13.0. The lowest BCUT2D eigenvalue weighted by Gasteiger charge is -2.22. The molecular weight excluding hydrogens is 540 g/mol. The Labute approximate surface area is 246 Å². The number of carbonyl (C=O) groups excluding carboxylic acids is 2. The first-order chi connectivity index (χ1) is 20.2. The van der Waals surface area contributed by atoms with Gasteiger partial charge in [-0.15, -0.1) is 0 Å². The summed E-state index contributed by atoms with van der Waals surface area (Å²) < 4.78 is 1.79. The van der Waals surface area contributed by atoms with E-state index in [0.29, 0.717) is 48.9 Å². The fourth-order valence-corrected chi connectivity index (χ4v) is 6.34. The Kier molecular flexibility index (Phi) is 9.33. The number of aliphatic hydroxyl groups is 2. The number of likely N-dealkylation sites (N-methyl/N-ethyl adjacent to an activating group) is 1. The highest BCUT2D eigenvalue weighted by Gasteiger charge is 2.44. The van der Waals surface area contributed by atoms with Crippen LogP contribution in [-0.2, 0) is 4.79 Å². The highest BCUT2D eigenvalue weighted by atomic mass is 16.3. The fraction of sp³-hybridized carbons (Fsp3) is 0.750. The molecule has 2 aliphatic heterocycles. The van der Waals surface area contributed by atoms with Gasteiger partial charge in [-0.1, -0.05) is 20.8 Å². The highest BCUT2D eigenvalue weighted by molar-refractivity contribution is 5.85. The molecule has 3 unspecified atom stereocenters. The molecule has 6 N–H and O–H groups in total. The molecule has 0 bridgehead atoms. The predicted molar refractivity (Wildman–Crippen MR) is 159 cm³/mol. The largest absolute Gasteiger partial charge is 0.388 e. The molecule has 232 valence electrons. The molecule has 1 aliphatic carbocycles. The van der Waals surface area contributed by atoms with Gasteiger partial charge in [-0.25, -0.2) is 9.78 Å². The average molecular weight is 587 g/mol. The summed E-state index contributed by atoms with van der Waals surface area (Å²) in [6.45, 7) is 9.07. The molecular formula is C28H46N10O4. The third-order valence-corrected chi connectivity index (χ3v) is 8.95. The molecule has 4 heterocycles. The number of aromatic nitrogens is 4. The van der Waals surface area contributed by atoms with Crippen LogP contribution in [-0.4, -0.2) is 116 Å². The minimum absolute atomic E-state index is 0.0430. The molecule has 2 saturated heterocycles. The standard InChI is InChI=1S/C28H46N10O4/c1-5-16(6-2)30-25-22-26(38(15-29-22)20-12-19(23(40)24(20)41)33-21(39)7-3)35-27(34-25)37-11-9-18(14-37)32-28(42)31-17-8-10-36(4)13-17/h15-20,23-24,40-41H,5-14H2,1-4H3,(H,33,39)(H,30,34,35)(H2,31,32,42)/t17?,18-,19?,20?,23-,24+/m1/s1. The zero-order valence-electron chi connectivity index (χ0n) is 25.1. The minimum Gasteiger partial charge on any atom is -0.388 e. The average Bonchev–Trinajstić information content (AvgIpc) is 3.76. The van der Waals surface area contributed by atoms with Crippen LogP contribution in [0.2, 0.25) is 0 Å². The van der Waals surface area contributed by atoms with Crippen molar-refractivity contribution in [2.24, 2.45) is 0 Å². The summed E-state index contributed by atoms with van der Waals surface area (Å²) in [5, 5.41) is 34.3. The van der Waals surface area contributed by atoms with Crippen molar-refractivity contribution >= 4 is 34.9 Å². The van der Waals surface area contributed by atoms with Gasteiger partial charge in [0.2, 0.25) is 11.9 Å². The first-order valence-corrected chi connectivity index (χ1v) is 15.4. The molecule has 1 saturated carbocycles. The van der Waals surface area contributed by atoms with Crippen molar-refractivity contribution in [2.45, 2.75) is 102 Å². The van der Waals surface area contributed by atoms with E-state index < -0.39 is 24.3 Å². The summed E-state index contributed by atoms with van der Waals surface area (Å²) in [6, 6.07) is -0.928. The molecule has 3 aliphatic rings. The number of carbonyl (C=O) groups is 2. The van der Waals surface area contributed by atoms with Crippen LogP contribution in [0.15, 0.2) is 6.33 Å². The molecule has 5 rings (SSSR count). The number of urea groups is 1. The van der Waals surface area contributed by atoms with E-state index >= 15 is 0 Å². The lowest BCUT2D eigenvalue weighted by atomic mass is 10.2. The van der Waals surface area contributed by atoms with Gasteiger partial charge in [-0.3, -0.25) is 4.79 Å². The number of fused-ring (bicyclic) bond motifs is 1. The van der Waals surface area contributed by atoms with Crippen LogP contribution in [0.5, 0.6) is 0 Å². The quantitative estimate of drug-likeness (QED) is 0.231. The van der Waals surface area contributed by atoms with E-state index in [9.17, 15) is 19.8 Å². The molecule has 0 aromatic carbocycles. The third kappa shape index (κ3) is 6.40. The number of likely N-dealkylation sites (tertiary alicyclic amines) is 1. The number of hydrogen-bond acceptors (Lipinski definition) is 10. The van der Waals surface area contributed by atoms with Crippen molar-refractivity contribution < 1.29 is 19.8 Å². The van der Waals surface area contributed by atoms with E-state index in [1.54, 1.807) is 17.8 Å². The van der Waals surface area contributed by atoms with E-state index in [0.717, 1.165) is 38.8 Å². The van der Waals surface area contributed by atoms with E-state index in [1.807, 2.05) is 0 Å². The molecule has 14 heteroatoms. The van der Waals surface area contributed by atoms with Crippen molar-refractivity contribution in [1.29, 1.82) is 0 Å². The number of nitrogens with zero attached hydrogens (tertiary/aromatic N) is 6. The number of amides is 3. The van der Waals surface area contributed by atoms with Gasteiger partial charge in [-0.2, -0.15) is 9.97 Å². The van der Waals surface area contributed by atoms with Crippen LogP contribution in [0.3, 0.4) is 0 Å². The van der Waals surface area contributed by atoms with Gasteiger partial charge in [0.1, 0.15) is 12.2 Å². The number of hydrogen-bond donors (Lipinski definition) is 6. The Balaban J connectivity index is 1.37. The van der Waals surface area contributed by atoms with Crippen LogP contribution >= 0.6 is 0 Å². The molecule has 2 aromatic heterocycles. The van der Waals surface area contributed by atoms with Gasteiger partial charge in [-0.05, 0) is 45.7 Å². The Morgan fingerprint density at radius 1 is 1.00 bits per heavy atom. The van der Waals surface area contributed by atoms with Crippen molar-refractivity contribution in [2.75, 3.05) is 43.4 Å². The van der Waals surface area contributed by atoms with E-state index in [4.69, 9.17) is 9.97 Å². The van der Waals surface area contributed by atoms with Gasteiger partial charge in [0.05, 0.1) is 18.4 Å². The van der Waals surface area contributed by atoms with E-state index in [-0.39, 0.29) is 30.1 Å². The van der Waals surface area contributed by atoms with Crippen LogP contribution in [0.1, 0.15) is 65.3 Å². The Bertz CT molecular complexity index is 1250. The lowest BCUT2D eigenvalue weighted by Crippen LogP contribution is -2.47. The third-order valence-electron chi connectivity index (χ3n) is 8.95. The van der Waals surface area contributed by atoms with Gasteiger partial charge in [0.25, 0.3) is 0 Å². The maximum atomic E-state index is 12.7. The first kappa shape index (κ1) is 30.2. The molecule has 6 atom stereocenters. The number of rotatable bonds is 10. The summed E-state index contributed by atoms with van der Waals surface area (Å²) in [5.74, 6) is 0.958. The second-order valence-corrected chi connectivity index (χ2v) is 12.0. The normalized spacial score (nSPS) is 28.1. The number of anilines is 2. The molecule has 0 spiro atoms. The molecule has 14 nitrogen and oxygen atoms in total. The van der Waals surface area contributed by atoms with Crippen LogP contribution in [0, 0.1) is 0 Å². The maximum Gasteiger partial charge on any atom is 0.315 e. The summed E-state index contributed by atoms with van der Waals surface area (Å²) in [6.07, 6.45) is 3.60. The van der Waals surface area contributed by atoms with Crippen LogP contribution < -0.4 is 26.2 Å². The predicted octanol–water partition coefficient (Wildman–Crippen LogP) is 0.570. The Morgan fingerprint density at radius 3 is 2.38 bits per heavy atom. The topological polar surface area (TPSA) is 173 Å². The van der Waals surface area contributed by atoms with Gasteiger partial charge >= 0.3 is 6.03 Å². The number of aliphatic hydroxyl groups excluding tert-OH is 2. The smallest absolute Gasteiger partial charge is 0.315 e. The van der Waals surface area contributed by atoms with Crippen molar-refractivity contribution in [1.82, 2.24) is 40.4 Å². The van der Waals surface area contributed by atoms with Crippen molar-refractivity contribution in [3.05, 3.63) is 6.33 Å². The van der Waals surface area contributed by atoms with Crippen molar-refractivity contribution in [3.8, 4) is 0 Å². The molecule has 0 radical (unpaired) electrons. The van der Waals surface area contributed by atoms with Crippen molar-refractivity contribution in [3.63, 3.8) is 0 Å². The van der Waals surface area contributed by atoms with E-state index in [1.165, 1.54) is 0 Å². The van der Waals surface area contributed by atoms with Gasteiger partial charge < -0.3 is 45.8 Å². The lowest BCUT2D eigenvalue weighted by molar-refractivity contribution is -0.122. The summed E-state index contributed by atoms with van der Waals surface area (Å²) in [5.41, 5.74) is 1.13. The van der Waals surface area contributed by atoms with Gasteiger partial charge in [0, 0.05) is 44.2 Å². The molecule has 3 fully saturated rings. The fourth-order valence-electron chi connectivity index (χ4n) is 6.34. The maximum absolute atomic E-state index is 12.7. The number of imidazole rings is 1. The molecule has 42 heavy (non-hydrogen) atoms. The second-order valence-electron chi connectivity index (χ2n) is 12.0. The summed E-state index contributed by atoms with van der Waals surface area (Å²) in [4.78, 5) is 43.4. The minimum atomic E-state index is -1.10. The Morgan fingerprint density at radius 2 is 1.71 bits per heavy atom. The first-order valence-electron chi connectivity index (χ1n) is 15.4. The number of nitrogens with one attached hydrogen (secondary N) is 4. The highest BCUT2D eigenvalue weighted by Crippen LogP contribution is 2.35. The van der Waals surface area contributed by atoms with Crippen LogP contribution in [0.4, 0.5) is 16.6 Å². The monoisotopic (exact) mass is 586 g/mol. The zero-order valence-corrected chi connectivity index (χ0v) is 25.1. The van der Waals surface area contributed by atoms with Gasteiger partial charge in [0.15, 0.2) is 17.0 Å². The molecule has 2 aromatic rings. The zero-order chi connectivity index (χ0) is 30.0. The Hall–Kier alpha value is -3.23. The SMILES string of the molecule is CCC(=O)NC1CC(n2cnc3c(NC(CC)CC)nc(N4CC[C@@H](NC(=O)NC5CCN(C)C5)C4)nc32)[C@H](O)[C@@H]1O.